The largest absolute Gasteiger partial charge is 0.396 e. The van der Waals surface area contributed by atoms with E-state index in [1.165, 1.54) is 0 Å². The normalized spacial score (nSPS) is 11.1. The molecule has 0 aliphatic rings. The first-order chi connectivity index (χ1) is 16.7. The fourth-order valence-electron chi connectivity index (χ4n) is 4.78. The van der Waals surface area contributed by atoms with Gasteiger partial charge in [0.05, 0.1) is 5.69 Å². The Morgan fingerprint density at radius 2 is 0.794 bits per heavy atom. The van der Waals surface area contributed by atoms with Crippen LogP contribution >= 0.6 is 0 Å². The van der Waals surface area contributed by atoms with Crippen LogP contribution in [-0.4, -0.2) is 0 Å². The highest BCUT2D eigenvalue weighted by atomic mass is 19.1. The summed E-state index contributed by atoms with van der Waals surface area (Å²) in [5, 5.41) is 0. The van der Waals surface area contributed by atoms with Crippen LogP contribution in [0.1, 0.15) is 45.2 Å². The number of anilines is 1. The molecule has 0 unspecified atom stereocenters. The van der Waals surface area contributed by atoms with E-state index in [1.807, 2.05) is 72.8 Å². The Bertz CT molecular complexity index is 1270. The van der Waals surface area contributed by atoms with Gasteiger partial charge < -0.3 is 5.73 Å². The summed E-state index contributed by atoms with van der Waals surface area (Å²) in [6.07, 6.45) is 0. The zero-order chi connectivity index (χ0) is 23.3. The smallest absolute Gasteiger partial charge is 0.146 e. The van der Waals surface area contributed by atoms with Gasteiger partial charge in [-0.3, -0.25) is 0 Å². The maximum atomic E-state index is 15.5. The predicted octanol–water partition coefficient (Wildman–Crippen LogP) is 7.77. The lowest BCUT2D eigenvalue weighted by Gasteiger charge is -2.25. The van der Waals surface area contributed by atoms with Gasteiger partial charge in [0, 0.05) is 11.8 Å². The van der Waals surface area contributed by atoms with E-state index in [4.69, 9.17) is 5.73 Å². The van der Waals surface area contributed by atoms with Gasteiger partial charge in [-0.2, -0.15) is 0 Å². The molecule has 166 valence electrons. The number of hydrogen-bond donors (Lipinski definition) is 1. The zero-order valence-corrected chi connectivity index (χ0v) is 18.8. The van der Waals surface area contributed by atoms with Crippen LogP contribution in [0.25, 0.3) is 0 Å². The third-order valence-corrected chi connectivity index (χ3v) is 6.36. The molecule has 34 heavy (non-hydrogen) atoms. The molecule has 5 aromatic rings. The summed E-state index contributed by atoms with van der Waals surface area (Å²) < 4.78 is 15.5. The molecule has 2 heteroatoms. The molecule has 0 atom stereocenters. The number of benzene rings is 5. The van der Waals surface area contributed by atoms with Crippen LogP contribution in [0.2, 0.25) is 0 Å². The molecule has 1 nitrogen and oxygen atoms in total. The number of rotatable bonds is 6. The molecule has 0 aromatic heterocycles. The molecule has 0 heterocycles. The van der Waals surface area contributed by atoms with Gasteiger partial charge in [-0.25, -0.2) is 4.39 Å². The van der Waals surface area contributed by atoms with Crippen molar-refractivity contribution in [3.05, 3.63) is 173 Å². The van der Waals surface area contributed by atoms with E-state index >= 15 is 4.39 Å². The monoisotopic (exact) mass is 443 g/mol. The zero-order valence-electron chi connectivity index (χ0n) is 18.8. The lowest BCUT2D eigenvalue weighted by atomic mass is 9.80. The van der Waals surface area contributed by atoms with E-state index in [2.05, 4.69) is 54.6 Å². The van der Waals surface area contributed by atoms with Gasteiger partial charge in [0.25, 0.3) is 0 Å². The van der Waals surface area contributed by atoms with Gasteiger partial charge in [-0.15, -0.1) is 0 Å². The Morgan fingerprint density at radius 1 is 0.441 bits per heavy atom. The fourth-order valence-corrected chi connectivity index (χ4v) is 4.78. The van der Waals surface area contributed by atoms with Crippen molar-refractivity contribution in [2.24, 2.45) is 0 Å². The van der Waals surface area contributed by atoms with Crippen LogP contribution in [0.15, 0.2) is 133 Å². The second kappa shape index (κ2) is 9.76. The third-order valence-electron chi connectivity index (χ3n) is 6.36. The molecule has 0 radical (unpaired) electrons. The Kier molecular flexibility index (Phi) is 6.22. The van der Waals surface area contributed by atoms with Gasteiger partial charge in [0.2, 0.25) is 0 Å². The molecule has 0 bridgehead atoms. The molecule has 2 N–H and O–H groups in total. The first-order valence-electron chi connectivity index (χ1n) is 11.5. The van der Waals surface area contributed by atoms with Crippen molar-refractivity contribution >= 4 is 5.69 Å². The summed E-state index contributed by atoms with van der Waals surface area (Å²) in [5.41, 5.74) is 12.7. The highest BCUT2D eigenvalue weighted by Crippen LogP contribution is 2.40. The number of halogens is 1. The van der Waals surface area contributed by atoms with Crippen LogP contribution in [-0.2, 0) is 0 Å². The summed E-state index contributed by atoms with van der Waals surface area (Å²) in [5.74, 6) is -0.672. The van der Waals surface area contributed by atoms with E-state index in [0.717, 1.165) is 33.4 Å². The van der Waals surface area contributed by atoms with Gasteiger partial charge in [-0.1, -0.05) is 127 Å². The van der Waals surface area contributed by atoms with E-state index in [-0.39, 0.29) is 23.3 Å². The van der Waals surface area contributed by atoms with Crippen LogP contribution < -0.4 is 5.73 Å². The average molecular weight is 444 g/mol. The Labute approximate surface area is 200 Å². The minimum Gasteiger partial charge on any atom is -0.396 e. The van der Waals surface area contributed by atoms with Crippen LogP contribution in [0.4, 0.5) is 10.1 Å². The standard InChI is InChI=1S/C32H26FN/c33-29-22-27(30(23-13-5-1-6-14-23)24-15-7-2-8-16-24)21-28(32(29)34)31(25-17-9-3-10-18-25)26-19-11-4-12-20-26/h1-22,30-31H,34H2. The van der Waals surface area contributed by atoms with Gasteiger partial charge in [0.1, 0.15) is 5.82 Å². The summed E-state index contributed by atoms with van der Waals surface area (Å²) in [6.45, 7) is 0. The van der Waals surface area contributed by atoms with Crippen LogP contribution in [0.5, 0.6) is 0 Å². The van der Waals surface area contributed by atoms with Crippen molar-refractivity contribution in [3.63, 3.8) is 0 Å². The summed E-state index contributed by atoms with van der Waals surface area (Å²) in [4.78, 5) is 0. The quantitative estimate of drug-likeness (QED) is 0.210. The highest BCUT2D eigenvalue weighted by molar-refractivity contribution is 5.60. The minimum absolute atomic E-state index is 0.108. The van der Waals surface area contributed by atoms with Crippen LogP contribution in [0.3, 0.4) is 0 Å². The van der Waals surface area contributed by atoms with Gasteiger partial charge >= 0.3 is 0 Å². The fraction of sp³-hybridized carbons (Fsp3) is 0.0625. The molecule has 5 rings (SSSR count). The Morgan fingerprint density at radius 3 is 1.18 bits per heavy atom. The maximum Gasteiger partial charge on any atom is 0.146 e. The number of hydrogen-bond acceptors (Lipinski definition) is 1. The predicted molar refractivity (Wildman–Crippen MR) is 138 cm³/mol. The second-order valence-corrected chi connectivity index (χ2v) is 8.51. The Balaban J connectivity index is 1.73. The molecule has 0 aliphatic carbocycles. The first-order valence-corrected chi connectivity index (χ1v) is 11.5. The minimum atomic E-state index is -0.388. The molecule has 5 aromatic carbocycles. The molecule has 0 saturated heterocycles. The summed E-state index contributed by atoms with van der Waals surface area (Å²) in [6, 6.07) is 44.5. The van der Waals surface area contributed by atoms with E-state index in [1.54, 1.807) is 6.07 Å². The van der Waals surface area contributed by atoms with Crippen molar-refractivity contribution < 1.29 is 4.39 Å². The Hall–Kier alpha value is -4.17. The van der Waals surface area contributed by atoms with E-state index < -0.39 is 0 Å². The van der Waals surface area contributed by atoms with Crippen LogP contribution in [0, 0.1) is 5.82 Å². The molecule has 0 spiro atoms. The average Bonchev–Trinajstić information content (AvgIpc) is 2.90. The third kappa shape index (κ3) is 4.35. The van der Waals surface area contributed by atoms with Gasteiger partial charge in [0.15, 0.2) is 0 Å². The molecule has 0 amide bonds. The molecule has 0 aliphatic heterocycles. The lowest BCUT2D eigenvalue weighted by Crippen LogP contribution is -2.11. The van der Waals surface area contributed by atoms with Crippen molar-refractivity contribution in [1.29, 1.82) is 0 Å². The molecular formula is C32H26FN. The van der Waals surface area contributed by atoms with Crippen molar-refractivity contribution in [2.45, 2.75) is 11.8 Å². The van der Waals surface area contributed by atoms with Crippen molar-refractivity contribution in [1.82, 2.24) is 0 Å². The molecule has 0 saturated carbocycles. The molecule has 0 fully saturated rings. The lowest BCUT2D eigenvalue weighted by molar-refractivity contribution is 0.627. The molecular weight excluding hydrogens is 417 g/mol. The maximum absolute atomic E-state index is 15.5. The highest BCUT2D eigenvalue weighted by Gasteiger charge is 2.25. The number of nitrogens with two attached hydrogens (primary N) is 1. The van der Waals surface area contributed by atoms with E-state index in [9.17, 15) is 0 Å². The second-order valence-electron chi connectivity index (χ2n) is 8.51. The van der Waals surface area contributed by atoms with Gasteiger partial charge in [-0.05, 0) is 39.4 Å². The van der Waals surface area contributed by atoms with E-state index in [0.29, 0.717) is 0 Å². The number of nitrogen functional groups attached to an aromatic ring is 1. The topological polar surface area (TPSA) is 26.0 Å². The SMILES string of the molecule is Nc1c(F)cc(C(c2ccccc2)c2ccccc2)cc1C(c1ccccc1)c1ccccc1. The first kappa shape index (κ1) is 21.7. The van der Waals surface area contributed by atoms with Crippen molar-refractivity contribution in [2.75, 3.05) is 5.73 Å². The summed E-state index contributed by atoms with van der Waals surface area (Å²) >= 11 is 0. The van der Waals surface area contributed by atoms with Crippen molar-refractivity contribution in [3.8, 4) is 0 Å². The summed E-state index contributed by atoms with van der Waals surface area (Å²) in [7, 11) is 0.